The Kier molecular flexibility index (Phi) is 6.65. The number of nitrogens with one attached hydrogen (secondary N) is 1. The summed E-state index contributed by atoms with van der Waals surface area (Å²) in [5.41, 5.74) is 2.09. The monoisotopic (exact) mass is 478 g/mol. The molecule has 1 aliphatic heterocycles. The fraction of sp³-hybridized carbons (Fsp3) is 0.400. The zero-order valence-corrected chi connectivity index (χ0v) is 21.7. The van der Waals surface area contributed by atoms with Crippen LogP contribution in [0.5, 0.6) is 5.75 Å². The third kappa shape index (κ3) is 5.41. The molecule has 0 unspecified atom stereocenters. The summed E-state index contributed by atoms with van der Waals surface area (Å²) in [7, 11) is -1.92. The minimum absolute atomic E-state index is 0.113. The van der Waals surface area contributed by atoms with E-state index in [1.54, 1.807) is 12.3 Å². The van der Waals surface area contributed by atoms with Crippen molar-refractivity contribution in [3.8, 4) is 11.4 Å². The molecule has 4 rings (SSSR count). The van der Waals surface area contributed by atoms with Crippen molar-refractivity contribution in [2.45, 2.75) is 38.9 Å². The third-order valence-corrected chi connectivity index (χ3v) is 11.0. The van der Waals surface area contributed by atoms with Crippen molar-refractivity contribution < 1.29 is 9.22 Å². The van der Waals surface area contributed by atoms with Crippen molar-refractivity contribution in [3.63, 3.8) is 0 Å². The van der Waals surface area contributed by atoms with Crippen LogP contribution in [0.4, 0.5) is 16.3 Å². The summed E-state index contributed by atoms with van der Waals surface area (Å²) in [6, 6.07) is 13.6. The van der Waals surface area contributed by atoms with E-state index in [0.717, 1.165) is 30.2 Å². The quantitative estimate of drug-likeness (QED) is 0.522. The van der Waals surface area contributed by atoms with Gasteiger partial charge in [0.15, 0.2) is 0 Å². The first-order chi connectivity index (χ1) is 16.1. The van der Waals surface area contributed by atoms with E-state index >= 15 is 0 Å². The normalized spacial score (nSPS) is 14.7. The Hall–Kier alpha value is -3.33. The Labute approximate surface area is 202 Å². The van der Waals surface area contributed by atoms with Gasteiger partial charge in [-0.1, -0.05) is 39.0 Å². The van der Waals surface area contributed by atoms with E-state index < -0.39 is 8.32 Å². The lowest BCUT2D eigenvalue weighted by Crippen LogP contribution is -2.50. The van der Waals surface area contributed by atoms with Gasteiger partial charge in [0.05, 0.1) is 30.0 Å². The number of hydrogen-bond acceptors (Lipinski definition) is 5. The number of aromatic nitrogens is 3. The standard InChI is InChI=1S/C25H34N6O2Si/c1-25(2,3)34(4,5)33-22-11-12-23(26-18-22)28-24(32)30-15-13-29(14-16-30)21-17-27-31(19-21)20-9-7-6-8-10-20/h6-12,17-19H,13-16H2,1-5H3,(H,26,28,32). The highest BCUT2D eigenvalue weighted by atomic mass is 28.4. The van der Waals surface area contributed by atoms with Crippen molar-refractivity contribution in [1.82, 2.24) is 19.7 Å². The lowest BCUT2D eigenvalue weighted by Gasteiger charge is -2.36. The Morgan fingerprint density at radius 3 is 2.29 bits per heavy atom. The molecule has 2 amide bonds. The maximum atomic E-state index is 12.8. The number of rotatable bonds is 5. The van der Waals surface area contributed by atoms with Gasteiger partial charge in [-0.2, -0.15) is 5.10 Å². The molecule has 3 aromatic rings. The molecule has 34 heavy (non-hydrogen) atoms. The highest BCUT2D eigenvalue weighted by Gasteiger charge is 2.39. The number of anilines is 2. The Balaban J connectivity index is 1.29. The van der Waals surface area contributed by atoms with Crippen molar-refractivity contribution in [2.75, 3.05) is 36.4 Å². The first kappa shape index (κ1) is 23.8. The maximum Gasteiger partial charge on any atom is 0.323 e. The molecule has 0 bridgehead atoms. The van der Waals surface area contributed by atoms with Crippen molar-refractivity contribution in [1.29, 1.82) is 0 Å². The van der Waals surface area contributed by atoms with Gasteiger partial charge >= 0.3 is 6.03 Å². The topological polar surface area (TPSA) is 75.5 Å². The second-order valence-electron chi connectivity index (χ2n) is 10.1. The number of carbonyl (C=O) groups is 1. The minimum atomic E-state index is -1.92. The molecule has 1 saturated heterocycles. The van der Waals surface area contributed by atoms with Crippen LogP contribution in [0, 0.1) is 0 Å². The minimum Gasteiger partial charge on any atom is -0.542 e. The van der Waals surface area contributed by atoms with E-state index in [0.29, 0.717) is 18.9 Å². The highest BCUT2D eigenvalue weighted by molar-refractivity contribution is 6.74. The maximum absolute atomic E-state index is 12.8. The number of hydrogen-bond donors (Lipinski definition) is 1. The number of carbonyl (C=O) groups excluding carboxylic acids is 1. The molecular weight excluding hydrogens is 444 g/mol. The lowest BCUT2D eigenvalue weighted by molar-refractivity contribution is 0.208. The fourth-order valence-corrected chi connectivity index (χ4v) is 4.53. The summed E-state index contributed by atoms with van der Waals surface area (Å²) in [6.07, 6.45) is 5.60. The first-order valence-electron chi connectivity index (χ1n) is 11.7. The number of piperazine rings is 1. The molecule has 1 aliphatic rings. The van der Waals surface area contributed by atoms with E-state index in [2.05, 4.69) is 54.2 Å². The van der Waals surface area contributed by atoms with E-state index in [9.17, 15) is 4.79 Å². The van der Waals surface area contributed by atoms with E-state index in [1.165, 1.54) is 0 Å². The van der Waals surface area contributed by atoms with Crippen LogP contribution < -0.4 is 14.6 Å². The predicted molar refractivity (Wildman–Crippen MR) is 138 cm³/mol. The van der Waals surface area contributed by atoms with Gasteiger partial charge < -0.3 is 14.2 Å². The molecule has 0 saturated carbocycles. The van der Waals surface area contributed by atoms with Crippen molar-refractivity contribution in [3.05, 3.63) is 61.1 Å². The lowest BCUT2D eigenvalue weighted by atomic mass is 10.2. The van der Waals surface area contributed by atoms with Crippen molar-refractivity contribution in [2.24, 2.45) is 0 Å². The van der Waals surface area contributed by atoms with Gasteiger partial charge in [0.2, 0.25) is 0 Å². The zero-order valence-electron chi connectivity index (χ0n) is 20.7. The molecule has 0 spiro atoms. The number of para-hydroxylation sites is 1. The summed E-state index contributed by atoms with van der Waals surface area (Å²) < 4.78 is 8.14. The molecule has 3 heterocycles. The van der Waals surface area contributed by atoms with Crippen LogP contribution in [0.15, 0.2) is 61.1 Å². The van der Waals surface area contributed by atoms with Crippen LogP contribution in [0.1, 0.15) is 20.8 Å². The molecule has 0 aliphatic carbocycles. The van der Waals surface area contributed by atoms with Crippen LogP contribution >= 0.6 is 0 Å². The summed E-state index contributed by atoms with van der Waals surface area (Å²) in [6.45, 7) is 13.8. The molecule has 9 heteroatoms. The second-order valence-corrected chi connectivity index (χ2v) is 14.8. The van der Waals surface area contributed by atoms with Gasteiger partial charge in [-0.05, 0) is 42.4 Å². The van der Waals surface area contributed by atoms with Gasteiger partial charge in [-0.3, -0.25) is 5.32 Å². The number of amides is 2. The van der Waals surface area contributed by atoms with Gasteiger partial charge in [-0.15, -0.1) is 0 Å². The number of nitrogens with zero attached hydrogens (tertiary/aromatic N) is 5. The SMILES string of the molecule is CC(C)(C)[Si](C)(C)Oc1ccc(NC(=O)N2CCN(c3cnn(-c4ccccc4)c3)CC2)nc1. The second kappa shape index (κ2) is 9.50. The summed E-state index contributed by atoms with van der Waals surface area (Å²) in [5.74, 6) is 1.27. The molecule has 0 atom stereocenters. The molecule has 1 N–H and O–H groups in total. The molecular formula is C25H34N6O2Si. The Bertz CT molecular complexity index is 1100. The van der Waals surface area contributed by atoms with Crippen LogP contribution in [0.25, 0.3) is 5.69 Å². The summed E-state index contributed by atoms with van der Waals surface area (Å²) in [4.78, 5) is 21.2. The Morgan fingerprint density at radius 1 is 0.971 bits per heavy atom. The van der Waals surface area contributed by atoms with Gasteiger partial charge in [-0.25, -0.2) is 14.5 Å². The molecule has 0 radical (unpaired) electrons. The number of pyridine rings is 1. The molecule has 2 aromatic heterocycles. The highest BCUT2D eigenvalue weighted by Crippen LogP contribution is 2.37. The first-order valence-corrected chi connectivity index (χ1v) is 14.6. The predicted octanol–water partition coefficient (Wildman–Crippen LogP) is 5.01. The smallest absolute Gasteiger partial charge is 0.323 e. The number of urea groups is 1. The third-order valence-electron chi connectivity index (χ3n) is 6.67. The van der Waals surface area contributed by atoms with Gasteiger partial charge in [0.1, 0.15) is 11.6 Å². The molecule has 180 valence electrons. The average molecular weight is 479 g/mol. The van der Waals surface area contributed by atoms with Crippen LogP contribution in [0.3, 0.4) is 0 Å². The van der Waals surface area contributed by atoms with Gasteiger partial charge in [0.25, 0.3) is 8.32 Å². The molecule has 8 nitrogen and oxygen atoms in total. The van der Waals surface area contributed by atoms with Gasteiger partial charge in [0, 0.05) is 26.2 Å². The number of benzene rings is 1. The molecule has 1 fully saturated rings. The largest absolute Gasteiger partial charge is 0.542 e. The summed E-state index contributed by atoms with van der Waals surface area (Å²) >= 11 is 0. The van der Waals surface area contributed by atoms with Crippen LogP contribution in [-0.2, 0) is 0 Å². The van der Waals surface area contributed by atoms with Crippen LogP contribution in [-0.4, -0.2) is 60.2 Å². The van der Waals surface area contributed by atoms with E-state index in [1.807, 2.05) is 58.4 Å². The molecule has 1 aromatic carbocycles. The van der Waals surface area contributed by atoms with E-state index in [-0.39, 0.29) is 11.1 Å². The fourth-order valence-electron chi connectivity index (χ4n) is 3.52. The summed E-state index contributed by atoms with van der Waals surface area (Å²) in [5, 5.41) is 7.50. The zero-order chi connectivity index (χ0) is 24.3. The average Bonchev–Trinajstić information content (AvgIpc) is 3.30. The Morgan fingerprint density at radius 2 is 1.68 bits per heavy atom. The van der Waals surface area contributed by atoms with Crippen LogP contribution in [0.2, 0.25) is 18.1 Å². The van der Waals surface area contributed by atoms with Crippen molar-refractivity contribution >= 4 is 25.9 Å². The van der Waals surface area contributed by atoms with E-state index in [4.69, 9.17) is 4.43 Å².